The molecule has 0 aromatic heterocycles. The van der Waals surface area contributed by atoms with Crippen molar-refractivity contribution in [2.75, 3.05) is 13.2 Å². The molecule has 41 heavy (non-hydrogen) atoms. The zero-order chi connectivity index (χ0) is 29.2. The molecule has 7 heteroatoms. The summed E-state index contributed by atoms with van der Waals surface area (Å²) in [6.45, 7) is 6.31. The van der Waals surface area contributed by atoms with Crippen LogP contribution in [-0.2, 0) is 6.61 Å². The van der Waals surface area contributed by atoms with Crippen LogP contribution >= 0.6 is 0 Å². The third-order valence-electron chi connectivity index (χ3n) is 6.51. The van der Waals surface area contributed by atoms with Gasteiger partial charge in [-0.05, 0) is 66.8 Å². The summed E-state index contributed by atoms with van der Waals surface area (Å²) in [5, 5.41) is 0. The first-order valence-electron chi connectivity index (χ1n) is 13.6. The number of rotatable bonds is 14. The molecule has 3 nitrogen and oxygen atoms in total. The van der Waals surface area contributed by atoms with E-state index < -0.39 is 23.3 Å². The summed E-state index contributed by atoms with van der Waals surface area (Å²) >= 11 is 0. The maximum atomic E-state index is 15.1. The molecule has 0 saturated heterocycles. The molecule has 0 unspecified atom stereocenters. The molecule has 4 aromatic rings. The minimum absolute atomic E-state index is 0.0225. The van der Waals surface area contributed by atoms with Gasteiger partial charge in [0.25, 0.3) is 0 Å². The summed E-state index contributed by atoms with van der Waals surface area (Å²) in [5.41, 5.74) is 1.24. The Hall–Kier alpha value is -4.26. The molecular weight excluding hydrogens is 532 g/mol. The van der Waals surface area contributed by atoms with E-state index >= 15 is 8.78 Å². The summed E-state index contributed by atoms with van der Waals surface area (Å²) in [7, 11) is 0. The van der Waals surface area contributed by atoms with Gasteiger partial charge in [0.15, 0.2) is 23.2 Å². The van der Waals surface area contributed by atoms with Crippen LogP contribution in [0.3, 0.4) is 0 Å². The summed E-state index contributed by atoms with van der Waals surface area (Å²) in [4.78, 5) is 0. The lowest BCUT2D eigenvalue weighted by atomic mass is 9.98. The number of halogens is 4. The van der Waals surface area contributed by atoms with Gasteiger partial charge in [-0.1, -0.05) is 55.8 Å². The highest BCUT2D eigenvalue weighted by Crippen LogP contribution is 2.33. The topological polar surface area (TPSA) is 27.7 Å². The summed E-state index contributed by atoms with van der Waals surface area (Å²) in [6, 6.07) is 19.0. The van der Waals surface area contributed by atoms with Crippen molar-refractivity contribution in [3.63, 3.8) is 0 Å². The zero-order valence-electron chi connectivity index (χ0n) is 22.9. The Morgan fingerprint density at radius 2 is 1.17 bits per heavy atom. The number of ether oxygens (including phenoxy) is 3. The van der Waals surface area contributed by atoms with Crippen molar-refractivity contribution in [2.45, 2.75) is 39.2 Å². The van der Waals surface area contributed by atoms with Crippen LogP contribution < -0.4 is 14.2 Å². The number of hydrogen-bond donors (Lipinski definition) is 0. The highest BCUT2D eigenvalue weighted by Gasteiger charge is 2.17. The van der Waals surface area contributed by atoms with Gasteiger partial charge in [0.05, 0.1) is 13.2 Å². The molecular formula is C34H32F4O3. The standard InChI is InChI=1S/C34H32F4O3/c1-3-5-7-21-40-30-19-12-25(31(35)34(30)38)22-41-27-15-10-24(11-16-27)29-18-17-28(32(36)33(29)37)23-8-13-26(14-9-23)39-20-6-4-2/h3,8-19H,1,4-7,20-22H2,2H3. The number of allylic oxidation sites excluding steroid dienone is 1. The van der Waals surface area contributed by atoms with Gasteiger partial charge >= 0.3 is 0 Å². The van der Waals surface area contributed by atoms with Gasteiger partial charge in [-0.3, -0.25) is 0 Å². The molecule has 0 aliphatic rings. The smallest absolute Gasteiger partial charge is 0.201 e. The fraction of sp³-hybridized carbons (Fsp3) is 0.235. The molecule has 0 bridgehead atoms. The quantitative estimate of drug-likeness (QED) is 0.0867. The molecule has 0 aliphatic carbocycles. The highest BCUT2D eigenvalue weighted by molar-refractivity contribution is 5.72. The van der Waals surface area contributed by atoms with Crippen LogP contribution in [0.15, 0.2) is 85.5 Å². The highest BCUT2D eigenvalue weighted by atomic mass is 19.2. The molecule has 0 atom stereocenters. The van der Waals surface area contributed by atoms with Gasteiger partial charge in [0.2, 0.25) is 5.82 Å². The van der Waals surface area contributed by atoms with Gasteiger partial charge < -0.3 is 14.2 Å². The van der Waals surface area contributed by atoms with E-state index in [4.69, 9.17) is 14.2 Å². The fourth-order valence-corrected chi connectivity index (χ4v) is 4.16. The summed E-state index contributed by atoms with van der Waals surface area (Å²) in [5.74, 6) is -3.16. The van der Waals surface area contributed by atoms with Crippen molar-refractivity contribution in [3.8, 4) is 39.5 Å². The molecule has 214 valence electrons. The zero-order valence-corrected chi connectivity index (χ0v) is 22.9. The average molecular weight is 565 g/mol. The number of benzene rings is 4. The molecule has 4 aromatic carbocycles. The van der Waals surface area contributed by atoms with Crippen LogP contribution in [-0.4, -0.2) is 13.2 Å². The second-order valence-corrected chi connectivity index (χ2v) is 9.46. The largest absolute Gasteiger partial charge is 0.494 e. The maximum Gasteiger partial charge on any atom is 0.201 e. The van der Waals surface area contributed by atoms with Crippen molar-refractivity contribution in [2.24, 2.45) is 0 Å². The van der Waals surface area contributed by atoms with Crippen molar-refractivity contribution >= 4 is 0 Å². The van der Waals surface area contributed by atoms with E-state index in [1.807, 2.05) is 0 Å². The van der Waals surface area contributed by atoms with Crippen LogP contribution in [0, 0.1) is 23.3 Å². The predicted molar refractivity (Wildman–Crippen MR) is 153 cm³/mol. The second-order valence-electron chi connectivity index (χ2n) is 9.46. The maximum absolute atomic E-state index is 15.1. The van der Waals surface area contributed by atoms with Crippen LogP contribution in [0.5, 0.6) is 17.2 Å². The van der Waals surface area contributed by atoms with Gasteiger partial charge in [0, 0.05) is 16.7 Å². The Kier molecular flexibility index (Phi) is 10.4. The predicted octanol–water partition coefficient (Wildman–Crippen LogP) is 9.68. The Labute approximate surface area is 238 Å². The molecule has 0 aliphatic heterocycles. The first kappa shape index (κ1) is 29.7. The normalized spacial score (nSPS) is 10.9. The Bertz CT molecular complexity index is 1450. The fourth-order valence-electron chi connectivity index (χ4n) is 4.16. The van der Waals surface area contributed by atoms with Gasteiger partial charge in [-0.15, -0.1) is 6.58 Å². The third-order valence-corrected chi connectivity index (χ3v) is 6.51. The number of hydrogen-bond acceptors (Lipinski definition) is 3. The molecule has 0 spiro atoms. The van der Waals surface area contributed by atoms with E-state index in [2.05, 4.69) is 13.5 Å². The minimum Gasteiger partial charge on any atom is -0.494 e. The number of unbranched alkanes of at least 4 members (excludes halogenated alkanes) is 2. The van der Waals surface area contributed by atoms with Crippen molar-refractivity contribution in [1.29, 1.82) is 0 Å². The van der Waals surface area contributed by atoms with Crippen molar-refractivity contribution in [1.82, 2.24) is 0 Å². The first-order valence-corrected chi connectivity index (χ1v) is 13.6. The monoisotopic (exact) mass is 564 g/mol. The van der Waals surface area contributed by atoms with Crippen LogP contribution in [0.25, 0.3) is 22.3 Å². The van der Waals surface area contributed by atoms with Crippen molar-refractivity contribution < 1.29 is 31.8 Å². The van der Waals surface area contributed by atoms with E-state index in [0.717, 1.165) is 12.8 Å². The molecule has 0 saturated carbocycles. The lowest BCUT2D eigenvalue weighted by Crippen LogP contribution is -2.04. The first-order chi connectivity index (χ1) is 19.9. The second kappa shape index (κ2) is 14.4. The van der Waals surface area contributed by atoms with Gasteiger partial charge in [0.1, 0.15) is 18.1 Å². The Balaban J connectivity index is 1.40. The molecule has 0 amide bonds. The summed E-state index contributed by atoms with van der Waals surface area (Å²) in [6.07, 6.45) is 5.05. The molecule has 0 fully saturated rings. The van der Waals surface area contributed by atoms with Crippen LogP contribution in [0.4, 0.5) is 17.6 Å². The van der Waals surface area contributed by atoms with Gasteiger partial charge in [-0.25, -0.2) is 13.2 Å². The van der Waals surface area contributed by atoms with E-state index in [-0.39, 0.29) is 35.7 Å². The minimum atomic E-state index is -1.07. The van der Waals surface area contributed by atoms with Crippen LogP contribution in [0.1, 0.15) is 38.2 Å². The lowest BCUT2D eigenvalue weighted by Gasteiger charge is -2.12. The van der Waals surface area contributed by atoms with Gasteiger partial charge in [-0.2, -0.15) is 4.39 Å². The lowest BCUT2D eigenvalue weighted by molar-refractivity contribution is 0.280. The molecule has 0 N–H and O–H groups in total. The van der Waals surface area contributed by atoms with Crippen molar-refractivity contribution in [3.05, 3.63) is 114 Å². The van der Waals surface area contributed by atoms with E-state index in [0.29, 0.717) is 42.1 Å². The molecule has 0 radical (unpaired) electrons. The molecule has 4 rings (SSSR count). The Morgan fingerprint density at radius 1 is 0.610 bits per heavy atom. The van der Waals surface area contributed by atoms with E-state index in [9.17, 15) is 8.78 Å². The summed E-state index contributed by atoms with van der Waals surface area (Å²) < 4.78 is 75.6. The average Bonchev–Trinajstić information content (AvgIpc) is 2.99. The molecule has 0 heterocycles. The van der Waals surface area contributed by atoms with E-state index in [1.165, 1.54) is 24.3 Å². The van der Waals surface area contributed by atoms with E-state index in [1.54, 1.807) is 54.6 Å². The Morgan fingerprint density at radius 3 is 1.73 bits per heavy atom. The van der Waals surface area contributed by atoms with Crippen LogP contribution in [0.2, 0.25) is 0 Å². The third kappa shape index (κ3) is 7.48. The SMILES string of the molecule is C=CCCCOc1ccc(COc2ccc(-c3ccc(-c4ccc(OCCCC)cc4)c(F)c3F)cc2)c(F)c1F.